The van der Waals surface area contributed by atoms with Gasteiger partial charge in [0, 0.05) is 37.6 Å². The molecule has 1 unspecified atom stereocenters. The van der Waals surface area contributed by atoms with Gasteiger partial charge >= 0.3 is 11.9 Å². The maximum Gasteiger partial charge on any atom is 0.326 e. The number of hydrogen-bond acceptors (Lipinski definition) is 6. The van der Waals surface area contributed by atoms with E-state index in [4.69, 9.17) is 0 Å². The first kappa shape index (κ1) is 37.0. The number of aromatic nitrogens is 1. The monoisotopic (exact) mass is 620 g/mol. The van der Waals surface area contributed by atoms with Crippen LogP contribution in [0.5, 0.6) is 0 Å². The second-order valence-corrected chi connectivity index (χ2v) is 11.5. The fourth-order valence-electron chi connectivity index (χ4n) is 5.19. The van der Waals surface area contributed by atoms with Gasteiger partial charge in [-0.15, -0.1) is 0 Å². The number of pyridine rings is 1. The molecule has 0 radical (unpaired) electrons. The van der Waals surface area contributed by atoms with Crippen molar-refractivity contribution in [1.82, 2.24) is 10.3 Å². The zero-order valence-corrected chi connectivity index (χ0v) is 26.4. The average Bonchev–Trinajstić information content (AvgIpc) is 3.03. The number of rotatable bonds is 24. The molecular weight excluding hydrogens is 572 g/mol. The first-order valence-electron chi connectivity index (χ1n) is 16.1. The molecule has 2 aromatic rings. The molecule has 9 heteroatoms. The number of benzene rings is 1. The number of hydrogen-bond donors (Lipinski definition) is 3. The standard InChI is InChI=1S/C36H48N2O7/c1-2-3-4-7-10-15-31(40)16-11-8-5-6-9-12-17-32(30(26-39)24-34(41)42)35(43)38-33(36(44)45)23-27-18-20-28(21-19-27)29-14-13-22-37-25-29/h12-14,17-22,25-26,30,32-33H,2-11,15-16,23-24H2,1H3,(H,38,43)(H,41,42)(H,44,45)/b17-12+/t30-,32?,33-/m0/s1. The van der Waals surface area contributed by atoms with Crippen molar-refractivity contribution in [2.75, 3.05) is 0 Å². The number of carbonyl (C=O) groups excluding carboxylic acids is 3. The molecule has 3 N–H and O–H groups in total. The van der Waals surface area contributed by atoms with Crippen molar-refractivity contribution in [2.24, 2.45) is 11.8 Å². The van der Waals surface area contributed by atoms with Crippen molar-refractivity contribution in [3.63, 3.8) is 0 Å². The highest BCUT2D eigenvalue weighted by Gasteiger charge is 2.31. The zero-order chi connectivity index (χ0) is 32.9. The van der Waals surface area contributed by atoms with E-state index in [1.807, 2.05) is 24.3 Å². The maximum atomic E-state index is 13.2. The molecule has 9 nitrogen and oxygen atoms in total. The lowest BCUT2D eigenvalue weighted by molar-refractivity contribution is -0.144. The molecule has 244 valence electrons. The number of unbranched alkanes of at least 4 members (excludes halogenated alkanes) is 8. The van der Waals surface area contributed by atoms with Gasteiger partial charge in [-0.25, -0.2) is 4.79 Å². The second-order valence-electron chi connectivity index (χ2n) is 11.5. The van der Waals surface area contributed by atoms with Crippen molar-refractivity contribution >= 4 is 29.9 Å². The number of amides is 1. The number of carbonyl (C=O) groups is 5. The van der Waals surface area contributed by atoms with Gasteiger partial charge in [0.1, 0.15) is 18.1 Å². The van der Waals surface area contributed by atoms with Crippen LogP contribution in [-0.4, -0.2) is 51.2 Å². The van der Waals surface area contributed by atoms with Gasteiger partial charge in [-0.05, 0) is 48.4 Å². The predicted octanol–water partition coefficient (Wildman–Crippen LogP) is 6.59. The van der Waals surface area contributed by atoms with E-state index in [0.29, 0.717) is 36.9 Å². The third-order valence-electron chi connectivity index (χ3n) is 7.83. The lowest BCUT2D eigenvalue weighted by atomic mass is 9.88. The molecule has 1 aromatic heterocycles. The molecule has 0 saturated carbocycles. The van der Waals surface area contributed by atoms with E-state index in [2.05, 4.69) is 17.2 Å². The maximum absolute atomic E-state index is 13.2. The average molecular weight is 621 g/mol. The van der Waals surface area contributed by atoms with Crippen LogP contribution >= 0.6 is 0 Å². The summed E-state index contributed by atoms with van der Waals surface area (Å²) in [6, 6.07) is 9.73. The van der Waals surface area contributed by atoms with Gasteiger partial charge in [0.25, 0.3) is 0 Å². The Morgan fingerprint density at radius 3 is 2.11 bits per heavy atom. The molecule has 0 fully saturated rings. The quantitative estimate of drug-likeness (QED) is 0.0675. The van der Waals surface area contributed by atoms with Gasteiger partial charge in [-0.3, -0.25) is 19.4 Å². The summed E-state index contributed by atoms with van der Waals surface area (Å²) in [5.74, 6) is -5.11. The van der Waals surface area contributed by atoms with Crippen LogP contribution in [0.2, 0.25) is 0 Å². The highest BCUT2D eigenvalue weighted by molar-refractivity contribution is 5.89. The number of carboxylic acids is 2. The molecule has 0 saturated heterocycles. The summed E-state index contributed by atoms with van der Waals surface area (Å²) in [4.78, 5) is 64.6. The first-order valence-corrected chi connectivity index (χ1v) is 16.1. The van der Waals surface area contributed by atoms with E-state index in [1.165, 1.54) is 25.3 Å². The SMILES string of the molecule is CCCCCCCC(=O)CCCCCC/C=C/C(C(=O)N[C@@H](Cc1ccc(-c2cccnc2)cc1)C(=O)O)[C@H](C=O)CC(=O)O. The summed E-state index contributed by atoms with van der Waals surface area (Å²) in [7, 11) is 0. The Morgan fingerprint density at radius 1 is 0.867 bits per heavy atom. The molecular formula is C36H48N2O7. The fraction of sp³-hybridized carbons (Fsp3) is 0.500. The smallest absolute Gasteiger partial charge is 0.326 e. The molecule has 2 rings (SSSR count). The third-order valence-corrected chi connectivity index (χ3v) is 7.83. The van der Waals surface area contributed by atoms with Gasteiger partial charge in [0.2, 0.25) is 5.91 Å². The highest BCUT2D eigenvalue weighted by Crippen LogP contribution is 2.21. The zero-order valence-electron chi connectivity index (χ0n) is 26.4. The number of aliphatic carboxylic acids is 2. The normalized spacial score (nSPS) is 13.2. The number of aldehydes is 1. The Morgan fingerprint density at radius 2 is 1.53 bits per heavy atom. The summed E-state index contributed by atoms with van der Waals surface area (Å²) in [5.41, 5.74) is 2.52. The Hall–Kier alpha value is -4.14. The van der Waals surface area contributed by atoms with Crippen molar-refractivity contribution in [3.8, 4) is 11.1 Å². The predicted molar refractivity (Wildman–Crippen MR) is 173 cm³/mol. The minimum absolute atomic E-state index is 0.0108. The third kappa shape index (κ3) is 14.9. The van der Waals surface area contributed by atoms with Crippen molar-refractivity contribution in [1.29, 1.82) is 0 Å². The summed E-state index contributed by atoms with van der Waals surface area (Å²) in [5, 5.41) is 21.6. The molecule has 0 aliphatic heterocycles. The van der Waals surface area contributed by atoms with E-state index in [1.54, 1.807) is 30.6 Å². The summed E-state index contributed by atoms with van der Waals surface area (Å²) in [6.07, 6.45) is 17.6. The summed E-state index contributed by atoms with van der Waals surface area (Å²) < 4.78 is 0. The van der Waals surface area contributed by atoms with E-state index in [-0.39, 0.29) is 6.42 Å². The van der Waals surface area contributed by atoms with Crippen LogP contribution in [0.4, 0.5) is 0 Å². The molecule has 1 aromatic carbocycles. The highest BCUT2D eigenvalue weighted by atomic mass is 16.4. The van der Waals surface area contributed by atoms with E-state index in [0.717, 1.165) is 49.7 Å². The number of Topliss-reactive ketones (excluding diaryl/α,β-unsaturated/α-hetero) is 1. The lowest BCUT2D eigenvalue weighted by Crippen LogP contribution is -2.46. The molecule has 0 aliphatic carbocycles. The summed E-state index contributed by atoms with van der Waals surface area (Å²) >= 11 is 0. The van der Waals surface area contributed by atoms with Crippen molar-refractivity contribution in [2.45, 2.75) is 103 Å². The van der Waals surface area contributed by atoms with Gasteiger partial charge in [-0.1, -0.05) is 87.9 Å². The first-order chi connectivity index (χ1) is 21.7. The van der Waals surface area contributed by atoms with Gasteiger partial charge in [0.05, 0.1) is 12.3 Å². The van der Waals surface area contributed by atoms with Crippen LogP contribution in [0.15, 0.2) is 60.9 Å². The van der Waals surface area contributed by atoms with E-state index in [9.17, 15) is 34.2 Å². The molecule has 1 heterocycles. The Balaban J connectivity index is 1.91. The molecule has 0 spiro atoms. The lowest BCUT2D eigenvalue weighted by Gasteiger charge is -2.21. The molecule has 1 amide bonds. The van der Waals surface area contributed by atoms with Gasteiger partial charge < -0.3 is 20.3 Å². The Kier molecular flexibility index (Phi) is 17.7. The van der Waals surface area contributed by atoms with Crippen LogP contribution in [0.25, 0.3) is 11.1 Å². The Bertz CT molecular complexity index is 1230. The molecule has 45 heavy (non-hydrogen) atoms. The number of nitrogens with zero attached hydrogens (tertiary/aromatic N) is 1. The van der Waals surface area contributed by atoms with E-state index < -0.39 is 42.1 Å². The minimum Gasteiger partial charge on any atom is -0.481 e. The topological polar surface area (TPSA) is 151 Å². The van der Waals surface area contributed by atoms with Gasteiger partial charge in [-0.2, -0.15) is 0 Å². The number of carboxylic acid groups (broad SMARTS) is 2. The van der Waals surface area contributed by atoms with Gasteiger partial charge in [0.15, 0.2) is 0 Å². The minimum atomic E-state index is -1.27. The largest absolute Gasteiger partial charge is 0.481 e. The van der Waals surface area contributed by atoms with Crippen LogP contribution in [0, 0.1) is 11.8 Å². The number of allylic oxidation sites excluding steroid dienone is 1. The molecule has 3 atom stereocenters. The fourth-order valence-corrected chi connectivity index (χ4v) is 5.19. The number of nitrogens with one attached hydrogen (secondary N) is 1. The van der Waals surface area contributed by atoms with Crippen LogP contribution < -0.4 is 5.32 Å². The van der Waals surface area contributed by atoms with Crippen LogP contribution in [0.3, 0.4) is 0 Å². The molecule has 0 bridgehead atoms. The van der Waals surface area contributed by atoms with Crippen LogP contribution in [0.1, 0.15) is 96.0 Å². The summed E-state index contributed by atoms with van der Waals surface area (Å²) in [6.45, 7) is 2.17. The van der Waals surface area contributed by atoms with Crippen LogP contribution in [-0.2, 0) is 30.4 Å². The van der Waals surface area contributed by atoms with E-state index >= 15 is 0 Å². The van der Waals surface area contributed by atoms with Crippen molar-refractivity contribution in [3.05, 3.63) is 66.5 Å². The number of ketones is 1. The Labute approximate surface area is 266 Å². The second kappa shape index (κ2) is 21.5. The molecule has 0 aliphatic rings. The van der Waals surface area contributed by atoms with Crippen molar-refractivity contribution < 1.29 is 34.2 Å².